The van der Waals surface area contributed by atoms with Crippen LogP contribution in [0.3, 0.4) is 0 Å². The Labute approximate surface area is 171 Å². The predicted molar refractivity (Wildman–Crippen MR) is 113 cm³/mol. The molecule has 2 fully saturated rings. The van der Waals surface area contributed by atoms with Crippen LogP contribution in [0.5, 0.6) is 0 Å². The topological polar surface area (TPSA) is 73.8 Å². The van der Waals surface area contributed by atoms with Crippen molar-refractivity contribution in [3.05, 3.63) is 42.7 Å². The van der Waals surface area contributed by atoms with Crippen molar-refractivity contribution in [2.24, 2.45) is 0 Å². The molecule has 154 valence electrons. The molecule has 8 heteroatoms. The highest BCUT2D eigenvalue weighted by Crippen LogP contribution is 2.19. The normalized spacial score (nSPS) is 17.9. The van der Waals surface area contributed by atoms with Crippen LogP contribution in [0.1, 0.15) is 6.42 Å². The van der Waals surface area contributed by atoms with Crippen molar-refractivity contribution >= 4 is 23.2 Å². The molecule has 0 saturated carbocycles. The minimum absolute atomic E-state index is 0.0537. The summed E-state index contributed by atoms with van der Waals surface area (Å²) in [6, 6.07) is 9.90. The maximum Gasteiger partial charge on any atom is 0.225 e. The van der Waals surface area contributed by atoms with Crippen molar-refractivity contribution < 1.29 is 9.53 Å². The number of rotatable bonds is 6. The average Bonchev–Trinajstić information content (AvgIpc) is 2.80. The summed E-state index contributed by atoms with van der Waals surface area (Å²) >= 11 is 0. The number of hydrogen-bond donors (Lipinski definition) is 1. The van der Waals surface area contributed by atoms with E-state index in [4.69, 9.17) is 4.74 Å². The lowest BCUT2D eigenvalue weighted by atomic mass is 10.2. The molecule has 0 radical (unpaired) electrons. The molecule has 2 aliphatic heterocycles. The molecule has 0 atom stereocenters. The SMILES string of the molecule is O=C(CCN1CCN(c2ncccn2)CC1)Nc1ccc(N2CCOCC2)cc1. The molecule has 1 N–H and O–H groups in total. The molecule has 1 amide bonds. The zero-order valence-electron chi connectivity index (χ0n) is 16.7. The van der Waals surface area contributed by atoms with Gasteiger partial charge in [0.25, 0.3) is 0 Å². The van der Waals surface area contributed by atoms with Gasteiger partial charge in [-0.2, -0.15) is 0 Å². The highest BCUT2D eigenvalue weighted by atomic mass is 16.5. The number of carbonyl (C=O) groups excluding carboxylic acids is 1. The van der Waals surface area contributed by atoms with Gasteiger partial charge in [-0.25, -0.2) is 9.97 Å². The van der Waals surface area contributed by atoms with Crippen molar-refractivity contribution in [2.75, 3.05) is 74.1 Å². The van der Waals surface area contributed by atoms with E-state index in [0.717, 1.165) is 70.7 Å². The Kier molecular flexibility index (Phi) is 6.53. The Morgan fingerprint density at radius 2 is 1.62 bits per heavy atom. The van der Waals surface area contributed by atoms with Crippen LogP contribution < -0.4 is 15.1 Å². The number of nitrogens with one attached hydrogen (secondary N) is 1. The second-order valence-corrected chi connectivity index (χ2v) is 7.32. The van der Waals surface area contributed by atoms with Gasteiger partial charge in [-0.05, 0) is 30.3 Å². The largest absolute Gasteiger partial charge is 0.378 e. The summed E-state index contributed by atoms with van der Waals surface area (Å²) in [5.41, 5.74) is 2.02. The van der Waals surface area contributed by atoms with Crippen LogP contribution in [0.4, 0.5) is 17.3 Å². The van der Waals surface area contributed by atoms with E-state index in [1.165, 1.54) is 5.69 Å². The van der Waals surface area contributed by atoms with Crippen molar-refractivity contribution in [1.29, 1.82) is 0 Å². The summed E-state index contributed by atoms with van der Waals surface area (Å²) < 4.78 is 5.39. The maximum atomic E-state index is 12.3. The second kappa shape index (κ2) is 9.67. The van der Waals surface area contributed by atoms with Gasteiger partial charge in [0.15, 0.2) is 0 Å². The van der Waals surface area contributed by atoms with Crippen LogP contribution in [0, 0.1) is 0 Å². The van der Waals surface area contributed by atoms with E-state index in [-0.39, 0.29) is 5.91 Å². The first-order valence-electron chi connectivity index (χ1n) is 10.2. The molecule has 8 nitrogen and oxygen atoms in total. The van der Waals surface area contributed by atoms with Gasteiger partial charge >= 0.3 is 0 Å². The van der Waals surface area contributed by atoms with E-state index >= 15 is 0 Å². The highest BCUT2D eigenvalue weighted by Gasteiger charge is 2.19. The molecule has 0 spiro atoms. The van der Waals surface area contributed by atoms with Crippen molar-refractivity contribution in [3.8, 4) is 0 Å². The van der Waals surface area contributed by atoms with Gasteiger partial charge in [-0.1, -0.05) is 0 Å². The molecule has 1 aromatic carbocycles. The van der Waals surface area contributed by atoms with Gasteiger partial charge in [0, 0.05) is 76.0 Å². The highest BCUT2D eigenvalue weighted by molar-refractivity contribution is 5.91. The fourth-order valence-corrected chi connectivity index (χ4v) is 3.69. The van der Waals surface area contributed by atoms with Gasteiger partial charge in [-0.3, -0.25) is 9.69 Å². The fourth-order valence-electron chi connectivity index (χ4n) is 3.69. The Morgan fingerprint density at radius 3 is 2.31 bits per heavy atom. The molecule has 0 bridgehead atoms. The van der Waals surface area contributed by atoms with Gasteiger partial charge < -0.3 is 19.9 Å². The number of amides is 1. The number of piperazine rings is 1. The second-order valence-electron chi connectivity index (χ2n) is 7.32. The molecule has 2 saturated heterocycles. The molecule has 2 aromatic rings. The number of morpholine rings is 1. The van der Waals surface area contributed by atoms with Crippen LogP contribution in [0.25, 0.3) is 0 Å². The van der Waals surface area contributed by atoms with Gasteiger partial charge in [0.05, 0.1) is 13.2 Å². The van der Waals surface area contributed by atoms with Crippen molar-refractivity contribution in [2.45, 2.75) is 6.42 Å². The zero-order valence-corrected chi connectivity index (χ0v) is 16.7. The smallest absolute Gasteiger partial charge is 0.225 e. The van der Waals surface area contributed by atoms with E-state index < -0.39 is 0 Å². The number of hydrogen-bond acceptors (Lipinski definition) is 7. The molecule has 29 heavy (non-hydrogen) atoms. The molecule has 2 aliphatic rings. The van der Waals surface area contributed by atoms with E-state index in [0.29, 0.717) is 6.42 Å². The summed E-state index contributed by atoms with van der Waals surface area (Å²) in [5, 5.41) is 3.01. The summed E-state index contributed by atoms with van der Waals surface area (Å²) in [7, 11) is 0. The Balaban J connectivity index is 1.18. The standard InChI is InChI=1S/C21H28N6O2/c28-20(24-18-2-4-19(5-3-18)26-14-16-29-17-15-26)6-9-25-10-12-27(13-11-25)21-22-7-1-8-23-21/h1-5,7-8H,6,9-17H2,(H,24,28). The van der Waals surface area contributed by atoms with E-state index in [9.17, 15) is 4.79 Å². The first-order valence-corrected chi connectivity index (χ1v) is 10.2. The number of carbonyl (C=O) groups is 1. The number of aromatic nitrogens is 2. The third-order valence-corrected chi connectivity index (χ3v) is 5.39. The Bertz CT molecular complexity index is 772. The van der Waals surface area contributed by atoms with E-state index in [1.54, 1.807) is 12.4 Å². The molecular formula is C21H28N6O2. The Hall–Kier alpha value is -2.71. The minimum Gasteiger partial charge on any atom is -0.378 e. The third-order valence-electron chi connectivity index (χ3n) is 5.39. The van der Waals surface area contributed by atoms with Crippen LogP contribution in [-0.4, -0.2) is 79.8 Å². The summed E-state index contributed by atoms with van der Waals surface area (Å²) in [4.78, 5) is 27.8. The monoisotopic (exact) mass is 396 g/mol. The fraction of sp³-hybridized carbons (Fsp3) is 0.476. The van der Waals surface area contributed by atoms with Crippen LogP contribution in [-0.2, 0) is 9.53 Å². The number of anilines is 3. The van der Waals surface area contributed by atoms with Crippen molar-refractivity contribution in [3.63, 3.8) is 0 Å². The molecular weight excluding hydrogens is 368 g/mol. The number of nitrogens with zero attached hydrogens (tertiary/aromatic N) is 5. The molecule has 0 unspecified atom stereocenters. The molecule has 1 aromatic heterocycles. The lowest BCUT2D eigenvalue weighted by molar-refractivity contribution is -0.116. The summed E-state index contributed by atoms with van der Waals surface area (Å²) in [6.07, 6.45) is 4.03. The first-order chi connectivity index (χ1) is 14.3. The predicted octanol–water partition coefficient (Wildman–Crippen LogP) is 1.46. The molecule has 4 rings (SSSR count). The van der Waals surface area contributed by atoms with Crippen LogP contribution >= 0.6 is 0 Å². The summed E-state index contributed by atoms with van der Waals surface area (Å²) in [6.45, 7) is 7.73. The lowest BCUT2D eigenvalue weighted by Gasteiger charge is -2.34. The summed E-state index contributed by atoms with van der Waals surface area (Å²) in [5.74, 6) is 0.836. The average molecular weight is 396 g/mol. The van der Waals surface area contributed by atoms with E-state index in [2.05, 4.69) is 42.1 Å². The minimum atomic E-state index is 0.0537. The molecule has 3 heterocycles. The van der Waals surface area contributed by atoms with Gasteiger partial charge in [0.2, 0.25) is 11.9 Å². The van der Waals surface area contributed by atoms with E-state index in [1.807, 2.05) is 18.2 Å². The zero-order chi connectivity index (χ0) is 19.9. The number of ether oxygens (including phenoxy) is 1. The van der Waals surface area contributed by atoms with Gasteiger partial charge in [0.1, 0.15) is 0 Å². The van der Waals surface area contributed by atoms with Gasteiger partial charge in [-0.15, -0.1) is 0 Å². The van der Waals surface area contributed by atoms with Crippen LogP contribution in [0.15, 0.2) is 42.7 Å². The van der Waals surface area contributed by atoms with Crippen molar-refractivity contribution in [1.82, 2.24) is 14.9 Å². The maximum absolute atomic E-state index is 12.3. The van der Waals surface area contributed by atoms with Crippen LogP contribution in [0.2, 0.25) is 0 Å². The Morgan fingerprint density at radius 1 is 0.931 bits per heavy atom. The molecule has 0 aliphatic carbocycles. The number of benzene rings is 1. The quantitative estimate of drug-likeness (QED) is 0.792. The lowest BCUT2D eigenvalue weighted by Crippen LogP contribution is -2.47. The third kappa shape index (κ3) is 5.42. The first kappa shape index (κ1) is 19.6.